The van der Waals surface area contributed by atoms with E-state index in [1.807, 2.05) is 48.5 Å². The lowest BCUT2D eigenvalue weighted by Gasteiger charge is -2.19. The van der Waals surface area contributed by atoms with E-state index in [-0.39, 0.29) is 5.91 Å². The minimum atomic E-state index is -0.0922. The topological polar surface area (TPSA) is 58.1 Å². The molecule has 0 atom stereocenters. The van der Waals surface area contributed by atoms with E-state index < -0.39 is 0 Å². The van der Waals surface area contributed by atoms with Crippen molar-refractivity contribution in [1.29, 1.82) is 0 Å². The van der Waals surface area contributed by atoms with Crippen LogP contribution in [-0.2, 0) is 6.54 Å². The number of carbonyl (C=O) groups is 1. The molecule has 142 valence electrons. The highest BCUT2D eigenvalue weighted by Gasteiger charge is 2.18. The Bertz CT molecular complexity index is 968. The summed E-state index contributed by atoms with van der Waals surface area (Å²) in [7, 11) is 0. The molecule has 2 aromatic carbocycles. The largest absolute Gasteiger partial charge is 0.355 e. The molecule has 0 bridgehead atoms. The number of aromatic nitrogens is 2. The lowest BCUT2D eigenvalue weighted by Crippen LogP contribution is -2.22. The molecule has 0 aliphatic carbocycles. The fourth-order valence-corrected chi connectivity index (χ4v) is 3.85. The SMILES string of the molecule is O=C(NCc1cccc(Br)c1)c1ccc(-c2nccnc2N2CCCC2)cc1. The normalized spacial score (nSPS) is 13.5. The first-order valence-electron chi connectivity index (χ1n) is 9.40. The highest BCUT2D eigenvalue weighted by atomic mass is 79.9. The Morgan fingerprint density at radius 2 is 1.79 bits per heavy atom. The number of amides is 1. The van der Waals surface area contributed by atoms with E-state index in [2.05, 4.69) is 36.1 Å². The zero-order chi connectivity index (χ0) is 19.3. The summed E-state index contributed by atoms with van der Waals surface area (Å²) in [5.74, 6) is 0.831. The second kappa shape index (κ2) is 8.52. The van der Waals surface area contributed by atoms with Crippen LogP contribution in [0.2, 0.25) is 0 Å². The van der Waals surface area contributed by atoms with E-state index in [9.17, 15) is 4.79 Å². The number of hydrogen-bond donors (Lipinski definition) is 1. The van der Waals surface area contributed by atoms with Crippen molar-refractivity contribution < 1.29 is 4.79 Å². The minimum absolute atomic E-state index is 0.0922. The maximum absolute atomic E-state index is 12.5. The molecular weight excluding hydrogens is 416 g/mol. The zero-order valence-corrected chi connectivity index (χ0v) is 17.0. The van der Waals surface area contributed by atoms with Gasteiger partial charge in [-0.3, -0.25) is 9.78 Å². The van der Waals surface area contributed by atoms with E-state index in [4.69, 9.17) is 0 Å². The molecule has 0 spiro atoms. The summed E-state index contributed by atoms with van der Waals surface area (Å²) in [5, 5.41) is 2.96. The molecule has 4 rings (SSSR count). The first-order valence-corrected chi connectivity index (χ1v) is 10.2. The van der Waals surface area contributed by atoms with Crippen LogP contribution >= 0.6 is 15.9 Å². The zero-order valence-electron chi connectivity index (χ0n) is 15.4. The van der Waals surface area contributed by atoms with Crippen LogP contribution in [0, 0.1) is 0 Å². The standard InChI is InChI=1S/C22H21BrN4O/c23-19-5-3-4-16(14-19)15-26-22(28)18-8-6-17(7-9-18)20-21(25-11-10-24-20)27-12-1-2-13-27/h3-11,14H,1-2,12-13,15H2,(H,26,28). The van der Waals surface area contributed by atoms with Crippen molar-refractivity contribution in [3.05, 3.63) is 76.5 Å². The molecule has 1 aliphatic rings. The number of carbonyl (C=O) groups excluding carboxylic acids is 1. The third kappa shape index (κ3) is 4.22. The molecule has 0 radical (unpaired) electrons. The average Bonchev–Trinajstić information content (AvgIpc) is 3.27. The maximum atomic E-state index is 12.5. The van der Waals surface area contributed by atoms with E-state index in [1.54, 1.807) is 12.4 Å². The summed E-state index contributed by atoms with van der Waals surface area (Å²) < 4.78 is 1.00. The van der Waals surface area contributed by atoms with Gasteiger partial charge in [0.25, 0.3) is 5.91 Å². The van der Waals surface area contributed by atoms with Gasteiger partial charge in [-0.1, -0.05) is 40.2 Å². The van der Waals surface area contributed by atoms with Gasteiger partial charge in [0.15, 0.2) is 5.82 Å². The number of rotatable bonds is 5. The van der Waals surface area contributed by atoms with Crippen LogP contribution in [0.4, 0.5) is 5.82 Å². The predicted octanol–water partition coefficient (Wildman–Crippen LogP) is 4.44. The van der Waals surface area contributed by atoms with Gasteiger partial charge in [0, 0.05) is 47.6 Å². The molecule has 0 unspecified atom stereocenters. The number of benzene rings is 2. The van der Waals surface area contributed by atoms with Gasteiger partial charge in [0.2, 0.25) is 0 Å². The van der Waals surface area contributed by atoms with Crippen molar-refractivity contribution in [1.82, 2.24) is 15.3 Å². The lowest BCUT2D eigenvalue weighted by atomic mass is 10.1. The molecule has 28 heavy (non-hydrogen) atoms. The minimum Gasteiger partial charge on any atom is -0.355 e. The third-order valence-corrected chi connectivity index (χ3v) is 5.34. The van der Waals surface area contributed by atoms with Crippen molar-refractivity contribution in [3.8, 4) is 11.3 Å². The van der Waals surface area contributed by atoms with E-state index in [0.29, 0.717) is 12.1 Å². The molecule has 1 aromatic heterocycles. The Morgan fingerprint density at radius 3 is 2.54 bits per heavy atom. The lowest BCUT2D eigenvalue weighted by molar-refractivity contribution is 0.0951. The first kappa shape index (κ1) is 18.6. The number of nitrogens with one attached hydrogen (secondary N) is 1. The fourth-order valence-electron chi connectivity index (χ4n) is 3.41. The van der Waals surface area contributed by atoms with Crippen molar-refractivity contribution in [2.45, 2.75) is 19.4 Å². The molecule has 1 saturated heterocycles. The smallest absolute Gasteiger partial charge is 0.251 e. The van der Waals surface area contributed by atoms with Crippen LogP contribution in [0.5, 0.6) is 0 Å². The number of nitrogens with zero attached hydrogens (tertiary/aromatic N) is 3. The van der Waals surface area contributed by atoms with E-state index in [0.717, 1.165) is 40.2 Å². The predicted molar refractivity (Wildman–Crippen MR) is 114 cm³/mol. The number of anilines is 1. The molecule has 3 aromatic rings. The second-order valence-electron chi connectivity index (χ2n) is 6.81. The number of hydrogen-bond acceptors (Lipinski definition) is 4. The van der Waals surface area contributed by atoms with Gasteiger partial charge in [0.05, 0.1) is 0 Å². The molecule has 6 heteroatoms. The highest BCUT2D eigenvalue weighted by molar-refractivity contribution is 9.10. The van der Waals surface area contributed by atoms with Gasteiger partial charge in [0.1, 0.15) is 5.69 Å². The van der Waals surface area contributed by atoms with Gasteiger partial charge in [-0.05, 0) is 42.7 Å². The summed E-state index contributed by atoms with van der Waals surface area (Å²) in [4.78, 5) is 23.8. The Labute approximate surface area is 173 Å². The van der Waals surface area contributed by atoms with Crippen LogP contribution in [0.3, 0.4) is 0 Å². The molecule has 1 fully saturated rings. The molecule has 0 saturated carbocycles. The van der Waals surface area contributed by atoms with Crippen LogP contribution in [0.25, 0.3) is 11.3 Å². The van der Waals surface area contributed by atoms with Crippen LogP contribution in [0.15, 0.2) is 65.4 Å². The summed E-state index contributed by atoms with van der Waals surface area (Å²) in [6, 6.07) is 15.5. The molecule has 1 N–H and O–H groups in total. The Morgan fingerprint density at radius 1 is 1.04 bits per heavy atom. The summed E-state index contributed by atoms with van der Waals surface area (Å²) in [5.41, 5.74) is 3.52. The second-order valence-corrected chi connectivity index (χ2v) is 7.73. The van der Waals surface area contributed by atoms with Crippen LogP contribution < -0.4 is 10.2 Å². The van der Waals surface area contributed by atoms with Gasteiger partial charge < -0.3 is 10.2 Å². The maximum Gasteiger partial charge on any atom is 0.251 e. The summed E-state index contributed by atoms with van der Waals surface area (Å²) in [6.45, 7) is 2.52. The quantitative estimate of drug-likeness (QED) is 0.642. The van der Waals surface area contributed by atoms with Crippen LogP contribution in [-0.4, -0.2) is 29.0 Å². The first-order chi connectivity index (χ1) is 13.7. The molecule has 2 heterocycles. The molecular formula is C22H21BrN4O. The Balaban J connectivity index is 1.47. The summed E-state index contributed by atoms with van der Waals surface area (Å²) in [6.07, 6.45) is 5.83. The van der Waals surface area contributed by atoms with Gasteiger partial charge in [-0.2, -0.15) is 0 Å². The molecule has 5 nitrogen and oxygen atoms in total. The van der Waals surface area contributed by atoms with Crippen LogP contribution in [0.1, 0.15) is 28.8 Å². The molecule has 1 aliphatic heterocycles. The van der Waals surface area contributed by atoms with Crippen molar-refractivity contribution >= 4 is 27.7 Å². The van der Waals surface area contributed by atoms with E-state index >= 15 is 0 Å². The summed E-state index contributed by atoms with van der Waals surface area (Å²) >= 11 is 3.45. The number of halogens is 1. The third-order valence-electron chi connectivity index (χ3n) is 4.85. The Hall–Kier alpha value is -2.73. The van der Waals surface area contributed by atoms with Crippen molar-refractivity contribution in [2.24, 2.45) is 0 Å². The van der Waals surface area contributed by atoms with Gasteiger partial charge in [-0.25, -0.2) is 4.98 Å². The van der Waals surface area contributed by atoms with Crippen molar-refractivity contribution in [3.63, 3.8) is 0 Å². The molecule has 1 amide bonds. The van der Waals surface area contributed by atoms with Crippen molar-refractivity contribution in [2.75, 3.05) is 18.0 Å². The van der Waals surface area contributed by atoms with E-state index in [1.165, 1.54) is 12.8 Å². The Kier molecular flexibility index (Phi) is 5.67. The fraction of sp³-hybridized carbons (Fsp3) is 0.227. The monoisotopic (exact) mass is 436 g/mol. The van der Waals surface area contributed by atoms with Gasteiger partial charge in [-0.15, -0.1) is 0 Å². The highest BCUT2D eigenvalue weighted by Crippen LogP contribution is 2.29. The average molecular weight is 437 g/mol. The van der Waals surface area contributed by atoms with Gasteiger partial charge >= 0.3 is 0 Å².